The van der Waals surface area contributed by atoms with Gasteiger partial charge in [-0.05, 0) is 30.4 Å². The maximum absolute atomic E-state index is 12.2. The van der Waals surface area contributed by atoms with E-state index in [4.69, 9.17) is 9.26 Å². The molecule has 24 heavy (non-hydrogen) atoms. The molecule has 2 aromatic heterocycles. The fraction of sp³-hybridized carbons (Fsp3) is 0.588. The van der Waals surface area contributed by atoms with Crippen LogP contribution in [0.3, 0.4) is 0 Å². The molecule has 1 saturated heterocycles. The summed E-state index contributed by atoms with van der Waals surface area (Å²) in [5, 5.41) is 4.03. The Kier molecular flexibility index (Phi) is 4.20. The second kappa shape index (κ2) is 6.49. The van der Waals surface area contributed by atoms with Gasteiger partial charge in [0.15, 0.2) is 0 Å². The van der Waals surface area contributed by atoms with E-state index in [-0.39, 0.29) is 11.5 Å². The monoisotopic (exact) mass is 330 g/mol. The lowest BCUT2D eigenvalue weighted by molar-refractivity contribution is 0.0341. The molecule has 7 heteroatoms. The van der Waals surface area contributed by atoms with E-state index in [1.165, 1.54) is 12.8 Å². The first-order chi connectivity index (χ1) is 11.7. The fourth-order valence-electron chi connectivity index (χ4n) is 3.13. The topological polar surface area (TPSA) is 84.3 Å². The van der Waals surface area contributed by atoms with Gasteiger partial charge in [-0.3, -0.25) is 9.69 Å². The molecule has 2 fully saturated rings. The van der Waals surface area contributed by atoms with E-state index in [9.17, 15) is 4.79 Å². The molecule has 3 heterocycles. The summed E-state index contributed by atoms with van der Waals surface area (Å²) in [6.07, 6.45) is 4.19. The van der Waals surface area contributed by atoms with Crippen LogP contribution in [0.25, 0.3) is 11.4 Å². The quantitative estimate of drug-likeness (QED) is 0.899. The van der Waals surface area contributed by atoms with Crippen molar-refractivity contribution in [1.82, 2.24) is 20.0 Å². The van der Waals surface area contributed by atoms with Gasteiger partial charge in [-0.25, -0.2) is 0 Å². The Hall–Kier alpha value is -1.99. The van der Waals surface area contributed by atoms with E-state index in [0.717, 1.165) is 38.4 Å². The number of nitrogens with zero attached hydrogens (tertiary/aromatic N) is 3. The van der Waals surface area contributed by atoms with Crippen LogP contribution in [0.1, 0.15) is 37.1 Å². The third-order valence-corrected chi connectivity index (χ3v) is 4.87. The summed E-state index contributed by atoms with van der Waals surface area (Å²) >= 11 is 0. The average molecular weight is 330 g/mol. The first-order valence-electron chi connectivity index (χ1n) is 8.56. The molecule has 2 aromatic rings. The third-order valence-electron chi connectivity index (χ3n) is 4.87. The Balaban J connectivity index is 1.55. The van der Waals surface area contributed by atoms with Crippen LogP contribution in [0, 0.1) is 5.92 Å². The Morgan fingerprint density at radius 1 is 1.38 bits per heavy atom. The number of aromatic nitrogens is 3. The molecular weight excluding hydrogens is 308 g/mol. The van der Waals surface area contributed by atoms with Crippen molar-refractivity contribution in [3.05, 3.63) is 34.1 Å². The van der Waals surface area contributed by atoms with E-state index in [0.29, 0.717) is 23.2 Å². The number of nitrogens with one attached hydrogen (secondary N) is 1. The largest absolute Gasteiger partial charge is 0.379 e. The van der Waals surface area contributed by atoms with Crippen molar-refractivity contribution < 1.29 is 9.26 Å². The molecular formula is C17H22N4O3. The number of aromatic amines is 1. The fourth-order valence-corrected chi connectivity index (χ4v) is 3.13. The van der Waals surface area contributed by atoms with Gasteiger partial charge in [-0.2, -0.15) is 4.98 Å². The molecule has 1 N–H and O–H groups in total. The van der Waals surface area contributed by atoms with Crippen LogP contribution >= 0.6 is 0 Å². The summed E-state index contributed by atoms with van der Waals surface area (Å²) in [6.45, 7) is 6.19. The van der Waals surface area contributed by atoms with E-state index in [1.54, 1.807) is 6.20 Å². The number of hydrogen-bond donors (Lipinski definition) is 1. The highest BCUT2D eigenvalue weighted by atomic mass is 16.5. The zero-order valence-corrected chi connectivity index (χ0v) is 13.8. The molecule has 4 rings (SSSR count). The van der Waals surface area contributed by atoms with Gasteiger partial charge in [0.2, 0.25) is 11.7 Å². The first kappa shape index (κ1) is 15.5. The van der Waals surface area contributed by atoms with Crippen LogP contribution in [0.4, 0.5) is 0 Å². The molecule has 0 spiro atoms. The number of rotatable bonds is 5. The van der Waals surface area contributed by atoms with Gasteiger partial charge in [0.1, 0.15) is 0 Å². The van der Waals surface area contributed by atoms with Crippen molar-refractivity contribution in [2.75, 3.05) is 26.3 Å². The van der Waals surface area contributed by atoms with Gasteiger partial charge in [-0.15, -0.1) is 0 Å². The predicted molar refractivity (Wildman–Crippen MR) is 87.6 cm³/mol. The van der Waals surface area contributed by atoms with Crippen LogP contribution in [0.2, 0.25) is 0 Å². The molecule has 1 atom stereocenters. The zero-order chi connectivity index (χ0) is 16.5. The summed E-state index contributed by atoms with van der Waals surface area (Å²) in [4.78, 5) is 21.7. The van der Waals surface area contributed by atoms with E-state index < -0.39 is 0 Å². The standard InChI is InChI=1S/C17H22N4O3/c1-11(13-2-3-13)17-19-15(20-24-17)14-8-12(9-18-16(14)22)10-21-4-6-23-7-5-21/h8-9,11,13H,2-7,10H2,1H3,(H,18,22). The average Bonchev–Trinajstić information content (AvgIpc) is 3.34. The highest BCUT2D eigenvalue weighted by molar-refractivity contribution is 5.53. The van der Waals surface area contributed by atoms with Crippen molar-refractivity contribution in [1.29, 1.82) is 0 Å². The number of pyridine rings is 1. The van der Waals surface area contributed by atoms with Crippen molar-refractivity contribution >= 4 is 0 Å². The predicted octanol–water partition coefficient (Wildman–Crippen LogP) is 1.77. The van der Waals surface area contributed by atoms with Crippen molar-refractivity contribution in [3.63, 3.8) is 0 Å². The van der Waals surface area contributed by atoms with Crippen LogP contribution in [-0.2, 0) is 11.3 Å². The minimum Gasteiger partial charge on any atom is -0.379 e. The SMILES string of the molecule is CC(c1nc(-c2cc(CN3CCOCC3)c[nH]c2=O)no1)C1CC1. The summed E-state index contributed by atoms with van der Waals surface area (Å²) < 4.78 is 10.8. The number of H-pyrrole nitrogens is 1. The molecule has 0 bridgehead atoms. The Morgan fingerprint density at radius 3 is 2.92 bits per heavy atom. The van der Waals surface area contributed by atoms with Gasteiger partial charge in [0.05, 0.1) is 18.8 Å². The van der Waals surface area contributed by atoms with Crippen molar-refractivity contribution in [2.45, 2.75) is 32.2 Å². The summed E-state index contributed by atoms with van der Waals surface area (Å²) in [7, 11) is 0. The number of hydrogen-bond acceptors (Lipinski definition) is 6. The van der Waals surface area contributed by atoms with Crippen LogP contribution < -0.4 is 5.56 Å². The van der Waals surface area contributed by atoms with E-state index in [1.807, 2.05) is 6.07 Å². The lowest BCUT2D eigenvalue weighted by Gasteiger charge is -2.26. The summed E-state index contributed by atoms with van der Waals surface area (Å²) in [5.74, 6) is 1.92. The van der Waals surface area contributed by atoms with Crippen LogP contribution in [-0.4, -0.2) is 46.3 Å². The van der Waals surface area contributed by atoms with Crippen LogP contribution in [0.5, 0.6) is 0 Å². The minimum atomic E-state index is -0.188. The number of ether oxygens (including phenoxy) is 1. The van der Waals surface area contributed by atoms with Gasteiger partial charge < -0.3 is 14.2 Å². The van der Waals surface area contributed by atoms with Gasteiger partial charge in [0.25, 0.3) is 5.56 Å². The molecule has 1 aliphatic carbocycles. The van der Waals surface area contributed by atoms with E-state index >= 15 is 0 Å². The van der Waals surface area contributed by atoms with Crippen LogP contribution in [0.15, 0.2) is 21.6 Å². The Labute approximate surface area is 140 Å². The molecule has 1 unspecified atom stereocenters. The molecule has 0 radical (unpaired) electrons. The highest BCUT2D eigenvalue weighted by Crippen LogP contribution is 2.41. The highest BCUT2D eigenvalue weighted by Gasteiger charge is 2.32. The maximum Gasteiger partial charge on any atom is 0.259 e. The van der Waals surface area contributed by atoms with Gasteiger partial charge in [0, 0.05) is 31.7 Å². The Morgan fingerprint density at radius 2 is 2.17 bits per heavy atom. The Bertz CT molecular complexity index is 759. The van der Waals surface area contributed by atoms with Crippen molar-refractivity contribution in [2.24, 2.45) is 5.92 Å². The second-order valence-corrected chi connectivity index (χ2v) is 6.72. The van der Waals surface area contributed by atoms with Gasteiger partial charge in [-0.1, -0.05) is 12.1 Å². The van der Waals surface area contributed by atoms with Gasteiger partial charge >= 0.3 is 0 Å². The summed E-state index contributed by atoms with van der Waals surface area (Å²) in [5.41, 5.74) is 1.32. The van der Waals surface area contributed by atoms with E-state index in [2.05, 4.69) is 26.9 Å². The lowest BCUT2D eigenvalue weighted by Crippen LogP contribution is -2.35. The van der Waals surface area contributed by atoms with Crippen molar-refractivity contribution in [3.8, 4) is 11.4 Å². The molecule has 2 aliphatic rings. The molecule has 0 amide bonds. The zero-order valence-electron chi connectivity index (χ0n) is 13.8. The molecule has 1 saturated carbocycles. The molecule has 128 valence electrons. The maximum atomic E-state index is 12.2. The minimum absolute atomic E-state index is 0.188. The smallest absolute Gasteiger partial charge is 0.259 e. The number of morpholine rings is 1. The second-order valence-electron chi connectivity index (χ2n) is 6.72. The molecule has 7 nitrogen and oxygen atoms in total. The summed E-state index contributed by atoms with van der Waals surface area (Å²) in [6, 6.07) is 1.87. The normalized spacial score (nSPS) is 20.2. The third kappa shape index (κ3) is 3.27. The first-order valence-corrected chi connectivity index (χ1v) is 8.56. The molecule has 0 aromatic carbocycles. The molecule has 1 aliphatic heterocycles. The lowest BCUT2D eigenvalue weighted by atomic mass is 10.1.